The molecule has 3 heteroatoms. The molecule has 286 valence electrons. The summed E-state index contributed by atoms with van der Waals surface area (Å²) < 4.78 is 8.94. The third-order valence-corrected chi connectivity index (χ3v) is 13.3. The first-order valence-electron chi connectivity index (χ1n) is 20.7. The van der Waals surface area contributed by atoms with Gasteiger partial charge < -0.3 is 9.32 Å². The summed E-state index contributed by atoms with van der Waals surface area (Å²) in [6.45, 7) is 0. The average molecular weight is 796 g/mol. The molecule has 0 unspecified atom stereocenters. The number of furan rings is 1. The molecule has 0 bridgehead atoms. The van der Waals surface area contributed by atoms with E-state index < -0.39 is 0 Å². The number of anilines is 3. The van der Waals surface area contributed by atoms with Crippen molar-refractivity contribution >= 4 is 81.3 Å². The molecule has 61 heavy (non-hydrogen) atoms. The highest BCUT2D eigenvalue weighted by molar-refractivity contribution is 7.26. The molecule has 2 aromatic heterocycles. The molecule has 0 aliphatic carbocycles. The van der Waals surface area contributed by atoms with Crippen molar-refractivity contribution in [3.63, 3.8) is 0 Å². The molecule has 2 heterocycles. The molecule has 2 nitrogen and oxygen atoms in total. The van der Waals surface area contributed by atoms with Crippen LogP contribution in [0.4, 0.5) is 17.1 Å². The lowest BCUT2D eigenvalue weighted by Crippen LogP contribution is -2.12. The molecule has 10 aromatic carbocycles. The van der Waals surface area contributed by atoms with Gasteiger partial charge in [0.15, 0.2) is 0 Å². The monoisotopic (exact) mass is 795 g/mol. The normalized spacial score (nSPS) is 11.6. The molecule has 0 amide bonds. The largest absolute Gasteiger partial charge is 0.456 e. The van der Waals surface area contributed by atoms with E-state index in [2.05, 4.69) is 223 Å². The summed E-state index contributed by atoms with van der Waals surface area (Å²) in [6, 6.07) is 81.3. The number of benzene rings is 10. The van der Waals surface area contributed by atoms with Crippen LogP contribution in [0.5, 0.6) is 0 Å². The van der Waals surface area contributed by atoms with Crippen LogP contribution in [-0.2, 0) is 0 Å². The first-order valence-corrected chi connectivity index (χ1v) is 21.6. The summed E-state index contributed by atoms with van der Waals surface area (Å²) in [5.41, 5.74) is 14.5. The maximum Gasteiger partial charge on any atom is 0.136 e. The van der Waals surface area contributed by atoms with E-state index in [9.17, 15) is 0 Å². The van der Waals surface area contributed by atoms with E-state index in [-0.39, 0.29) is 0 Å². The number of para-hydroxylation sites is 2. The summed E-state index contributed by atoms with van der Waals surface area (Å²) in [5, 5.41) is 7.30. The van der Waals surface area contributed by atoms with E-state index in [1.807, 2.05) is 17.4 Å². The highest BCUT2D eigenvalue weighted by atomic mass is 32.1. The van der Waals surface area contributed by atoms with Gasteiger partial charge in [0.05, 0.1) is 11.4 Å². The zero-order valence-electron chi connectivity index (χ0n) is 33.1. The van der Waals surface area contributed by atoms with Crippen LogP contribution in [0.15, 0.2) is 229 Å². The second-order valence-electron chi connectivity index (χ2n) is 15.6. The lowest BCUT2D eigenvalue weighted by molar-refractivity contribution is 0.669. The fourth-order valence-corrected chi connectivity index (χ4v) is 10.4. The Bertz CT molecular complexity index is 3580. The second-order valence-corrected chi connectivity index (χ2v) is 16.7. The zero-order valence-corrected chi connectivity index (χ0v) is 33.9. The van der Waals surface area contributed by atoms with Gasteiger partial charge in [0.2, 0.25) is 0 Å². The molecule has 12 aromatic rings. The summed E-state index contributed by atoms with van der Waals surface area (Å²) in [5.74, 6) is 0. The van der Waals surface area contributed by atoms with Gasteiger partial charge in [-0.25, -0.2) is 0 Å². The van der Waals surface area contributed by atoms with Crippen LogP contribution in [0.2, 0.25) is 0 Å². The summed E-state index contributed by atoms with van der Waals surface area (Å²) >= 11 is 1.87. The quantitative estimate of drug-likeness (QED) is 0.160. The Kier molecular flexibility index (Phi) is 8.39. The SMILES string of the molecule is c1ccc(-c2ccccc2N(c2ccc(-c3cccc4c3sc3ccccc34)cc2)c2ccc(-c3ccc4ccc5oc6ccccc6c5c4c3)cc2-c2ccccc2)cc1. The number of nitrogens with zero attached hydrogens (tertiary/aromatic N) is 1. The molecule has 0 N–H and O–H groups in total. The Morgan fingerprint density at radius 2 is 0.934 bits per heavy atom. The molecule has 0 atom stereocenters. The standard InChI is InChI=1S/C58H37NOS/c1-3-14-38(15-4-1)45-18-7-10-23-52(45)59(44-32-28-40(29-33-44)46-21-13-22-48-47-19-9-12-25-56(47)61-58(46)48)53-34-30-43(36-50(53)39-16-5-2-6-17-39)42-27-26-41-31-35-55-57(51(41)37-42)49-20-8-11-24-54(49)60-55/h1-37H. The van der Waals surface area contributed by atoms with Gasteiger partial charge in [0.1, 0.15) is 11.2 Å². The molecule has 0 fully saturated rings. The topological polar surface area (TPSA) is 16.4 Å². The Morgan fingerprint density at radius 1 is 0.344 bits per heavy atom. The Labute approximate surface area is 357 Å². The van der Waals surface area contributed by atoms with Crippen molar-refractivity contribution < 1.29 is 4.42 Å². The predicted molar refractivity (Wildman–Crippen MR) is 261 cm³/mol. The van der Waals surface area contributed by atoms with Crippen molar-refractivity contribution in [3.05, 3.63) is 224 Å². The van der Waals surface area contributed by atoms with Crippen LogP contribution in [-0.4, -0.2) is 0 Å². The molecule has 0 aliphatic rings. The minimum absolute atomic E-state index is 0.908. The van der Waals surface area contributed by atoms with Crippen molar-refractivity contribution in [2.24, 2.45) is 0 Å². The molecule has 12 rings (SSSR count). The Balaban J connectivity index is 1.05. The van der Waals surface area contributed by atoms with E-state index in [0.717, 1.165) is 66.8 Å². The highest BCUT2D eigenvalue weighted by Gasteiger charge is 2.22. The van der Waals surface area contributed by atoms with Crippen molar-refractivity contribution in [2.45, 2.75) is 0 Å². The van der Waals surface area contributed by atoms with Crippen molar-refractivity contribution in [3.8, 4) is 44.5 Å². The van der Waals surface area contributed by atoms with Gasteiger partial charge >= 0.3 is 0 Å². The minimum atomic E-state index is 0.908. The van der Waals surface area contributed by atoms with Gasteiger partial charge in [0, 0.05) is 47.8 Å². The molecular formula is C58H37NOS. The lowest BCUT2D eigenvalue weighted by Gasteiger charge is -2.30. The Morgan fingerprint density at radius 3 is 1.77 bits per heavy atom. The van der Waals surface area contributed by atoms with E-state index >= 15 is 0 Å². The van der Waals surface area contributed by atoms with Crippen LogP contribution in [0.3, 0.4) is 0 Å². The first-order chi connectivity index (χ1) is 30.2. The van der Waals surface area contributed by atoms with Gasteiger partial charge in [-0.3, -0.25) is 0 Å². The summed E-state index contributed by atoms with van der Waals surface area (Å²) in [6.07, 6.45) is 0. The maximum absolute atomic E-state index is 6.31. The summed E-state index contributed by atoms with van der Waals surface area (Å²) in [4.78, 5) is 2.44. The molecule has 0 spiro atoms. The fourth-order valence-electron chi connectivity index (χ4n) is 9.19. The number of hydrogen-bond donors (Lipinski definition) is 0. The van der Waals surface area contributed by atoms with Gasteiger partial charge in [0.25, 0.3) is 0 Å². The van der Waals surface area contributed by atoms with Crippen LogP contribution >= 0.6 is 11.3 Å². The Hall–Kier alpha value is -7.72. The lowest BCUT2D eigenvalue weighted by atomic mass is 9.93. The molecule has 0 aliphatic heterocycles. The van der Waals surface area contributed by atoms with Gasteiger partial charge in [-0.2, -0.15) is 0 Å². The third kappa shape index (κ3) is 6.01. The number of rotatable bonds is 7. The number of hydrogen-bond acceptors (Lipinski definition) is 3. The second kappa shape index (κ2) is 14.5. The smallest absolute Gasteiger partial charge is 0.136 e. The van der Waals surface area contributed by atoms with Crippen molar-refractivity contribution in [1.29, 1.82) is 0 Å². The fraction of sp³-hybridized carbons (Fsp3) is 0. The predicted octanol–water partition coefficient (Wildman–Crippen LogP) is 17.2. The van der Waals surface area contributed by atoms with Gasteiger partial charge in [-0.1, -0.05) is 170 Å². The molecular weight excluding hydrogens is 759 g/mol. The van der Waals surface area contributed by atoms with Crippen LogP contribution in [0, 0.1) is 0 Å². The zero-order chi connectivity index (χ0) is 40.3. The van der Waals surface area contributed by atoms with Crippen molar-refractivity contribution in [1.82, 2.24) is 0 Å². The van der Waals surface area contributed by atoms with E-state index in [0.29, 0.717) is 0 Å². The third-order valence-electron chi connectivity index (χ3n) is 12.1. The van der Waals surface area contributed by atoms with E-state index in [1.54, 1.807) is 0 Å². The molecule has 0 saturated heterocycles. The first kappa shape index (κ1) is 35.2. The molecule has 0 radical (unpaired) electrons. The van der Waals surface area contributed by atoms with Gasteiger partial charge in [-0.05, 0) is 98.8 Å². The average Bonchev–Trinajstić information content (AvgIpc) is 3.92. The number of thiophene rings is 1. The van der Waals surface area contributed by atoms with Crippen molar-refractivity contribution in [2.75, 3.05) is 4.90 Å². The molecule has 0 saturated carbocycles. The minimum Gasteiger partial charge on any atom is -0.456 e. The van der Waals surface area contributed by atoms with Crippen LogP contribution in [0.25, 0.3) is 97.4 Å². The number of fused-ring (bicyclic) bond motifs is 8. The highest BCUT2D eigenvalue weighted by Crippen LogP contribution is 2.47. The van der Waals surface area contributed by atoms with E-state index in [1.165, 1.54) is 47.6 Å². The summed E-state index contributed by atoms with van der Waals surface area (Å²) in [7, 11) is 0. The van der Waals surface area contributed by atoms with Crippen LogP contribution < -0.4 is 4.90 Å². The van der Waals surface area contributed by atoms with Gasteiger partial charge in [-0.15, -0.1) is 11.3 Å². The van der Waals surface area contributed by atoms with E-state index in [4.69, 9.17) is 4.42 Å². The maximum atomic E-state index is 6.31. The van der Waals surface area contributed by atoms with Crippen LogP contribution in [0.1, 0.15) is 0 Å².